The minimum atomic E-state index is -5.08. The maximum Gasteiger partial charge on any atom is 0.490 e. The molecule has 1 aliphatic rings. The Morgan fingerprint density at radius 3 is 2.38 bits per heavy atom. The molecule has 1 amide bonds. The van der Waals surface area contributed by atoms with Gasteiger partial charge in [-0.15, -0.1) is 21.5 Å². The Bertz CT molecular complexity index is 1330. The van der Waals surface area contributed by atoms with Crippen molar-refractivity contribution in [3.63, 3.8) is 0 Å². The molecule has 4 N–H and O–H groups in total. The number of nitrogens with zero attached hydrogens (tertiary/aromatic N) is 4. The molecular weight excluding hydrogens is 533 g/mol. The number of carbonyl (C=O) groups is 2. The predicted molar refractivity (Wildman–Crippen MR) is 134 cm³/mol. The van der Waals surface area contributed by atoms with E-state index in [0.717, 1.165) is 33.2 Å². The molecule has 0 spiro atoms. The van der Waals surface area contributed by atoms with Crippen molar-refractivity contribution in [2.24, 2.45) is 10.7 Å². The molecule has 0 fully saturated rings. The van der Waals surface area contributed by atoms with Crippen LogP contribution in [0.25, 0.3) is 5.00 Å². The fourth-order valence-electron chi connectivity index (χ4n) is 3.59. The van der Waals surface area contributed by atoms with E-state index in [1.165, 1.54) is 4.88 Å². The molecule has 3 aromatic rings. The van der Waals surface area contributed by atoms with Crippen LogP contribution in [0.1, 0.15) is 45.7 Å². The summed E-state index contributed by atoms with van der Waals surface area (Å²) in [5, 5.41) is 20.3. The zero-order valence-corrected chi connectivity index (χ0v) is 21.6. The van der Waals surface area contributed by atoms with Crippen LogP contribution in [0.4, 0.5) is 13.2 Å². The zero-order valence-electron chi connectivity index (χ0n) is 20.1. The van der Waals surface area contributed by atoms with Crippen LogP contribution < -0.4 is 11.1 Å². The van der Waals surface area contributed by atoms with Gasteiger partial charge in [0.1, 0.15) is 16.9 Å². The third-order valence-electron chi connectivity index (χ3n) is 5.44. The number of aromatic nitrogens is 3. The number of carbonyl (C=O) groups excluding carboxylic acids is 1. The van der Waals surface area contributed by atoms with E-state index in [1.807, 2.05) is 35.8 Å². The number of aliphatic imine (C=N–C) groups is 1. The molecule has 0 aliphatic carbocycles. The molecule has 1 aliphatic heterocycles. The molecule has 2 aromatic heterocycles. The van der Waals surface area contributed by atoms with E-state index >= 15 is 0 Å². The van der Waals surface area contributed by atoms with Gasteiger partial charge in [0.2, 0.25) is 5.91 Å². The highest BCUT2D eigenvalue weighted by Gasteiger charge is 2.38. The van der Waals surface area contributed by atoms with Crippen LogP contribution >= 0.6 is 22.9 Å². The van der Waals surface area contributed by atoms with Crippen LogP contribution in [0.2, 0.25) is 5.02 Å². The van der Waals surface area contributed by atoms with Gasteiger partial charge in [0.05, 0.1) is 12.1 Å². The first-order valence-corrected chi connectivity index (χ1v) is 12.2. The molecular formula is C23H24ClF3N6O3S. The summed E-state index contributed by atoms with van der Waals surface area (Å²) in [5.41, 5.74) is 9.52. The van der Waals surface area contributed by atoms with Crippen LogP contribution in [0, 0.1) is 20.8 Å². The third kappa shape index (κ3) is 6.35. The molecule has 37 heavy (non-hydrogen) atoms. The van der Waals surface area contributed by atoms with Gasteiger partial charge >= 0.3 is 12.1 Å². The second-order valence-electron chi connectivity index (χ2n) is 8.05. The zero-order chi connectivity index (χ0) is 27.5. The summed E-state index contributed by atoms with van der Waals surface area (Å²) < 4.78 is 33.8. The fourth-order valence-corrected chi connectivity index (χ4v) is 4.93. The van der Waals surface area contributed by atoms with Crippen molar-refractivity contribution in [2.75, 3.05) is 13.1 Å². The van der Waals surface area contributed by atoms with Gasteiger partial charge in [-0.25, -0.2) is 4.79 Å². The number of aryl methyl sites for hydroxylation is 2. The quantitative estimate of drug-likeness (QED) is 0.436. The predicted octanol–water partition coefficient (Wildman–Crippen LogP) is 3.90. The number of nitrogens with one attached hydrogen (secondary N) is 1. The third-order valence-corrected chi connectivity index (χ3v) is 6.89. The summed E-state index contributed by atoms with van der Waals surface area (Å²) in [4.78, 5) is 27.7. The van der Waals surface area contributed by atoms with Gasteiger partial charge < -0.3 is 16.2 Å². The van der Waals surface area contributed by atoms with Gasteiger partial charge in [0.25, 0.3) is 0 Å². The number of carboxylic acid groups (broad SMARTS) is 1. The van der Waals surface area contributed by atoms with E-state index in [2.05, 4.69) is 29.4 Å². The Hall–Kier alpha value is -3.29. The number of nitrogens with two attached hydrogens (primary N) is 1. The lowest BCUT2D eigenvalue weighted by atomic mass is 9.99. The monoisotopic (exact) mass is 556 g/mol. The van der Waals surface area contributed by atoms with Crippen molar-refractivity contribution in [1.82, 2.24) is 20.1 Å². The van der Waals surface area contributed by atoms with Crippen molar-refractivity contribution in [3.8, 4) is 5.00 Å². The number of amides is 1. The fraction of sp³-hybridized carbons (Fsp3) is 0.348. The van der Waals surface area contributed by atoms with Crippen LogP contribution in [0.3, 0.4) is 0 Å². The van der Waals surface area contributed by atoms with E-state index in [9.17, 15) is 18.0 Å². The maximum atomic E-state index is 12.5. The topological polar surface area (TPSA) is 135 Å². The van der Waals surface area contributed by atoms with Gasteiger partial charge in [0, 0.05) is 34.1 Å². The highest BCUT2D eigenvalue weighted by atomic mass is 35.5. The molecule has 14 heteroatoms. The Morgan fingerprint density at radius 2 is 1.81 bits per heavy atom. The summed E-state index contributed by atoms with van der Waals surface area (Å²) in [6, 6.07) is 7.16. The number of aliphatic carboxylic acids is 1. The van der Waals surface area contributed by atoms with E-state index in [1.54, 1.807) is 11.3 Å². The number of fused-ring (bicyclic) bond motifs is 3. The number of rotatable bonds is 5. The second-order valence-corrected chi connectivity index (χ2v) is 9.69. The molecule has 3 heterocycles. The minimum absolute atomic E-state index is 0.116. The lowest BCUT2D eigenvalue weighted by Crippen LogP contribution is -2.30. The first kappa shape index (κ1) is 28.3. The van der Waals surface area contributed by atoms with Crippen molar-refractivity contribution < 1.29 is 27.9 Å². The molecule has 1 aromatic carbocycles. The van der Waals surface area contributed by atoms with Crippen LogP contribution in [0.5, 0.6) is 0 Å². The van der Waals surface area contributed by atoms with Crippen molar-refractivity contribution in [2.45, 2.75) is 39.4 Å². The number of hydrogen-bond donors (Lipinski definition) is 3. The number of thiophene rings is 1. The molecule has 4 rings (SSSR count). The molecule has 0 radical (unpaired) electrons. The number of halogens is 4. The van der Waals surface area contributed by atoms with Gasteiger partial charge in [-0.2, -0.15) is 13.2 Å². The Morgan fingerprint density at radius 1 is 1.19 bits per heavy atom. The molecule has 9 nitrogen and oxygen atoms in total. The highest BCUT2D eigenvalue weighted by molar-refractivity contribution is 7.15. The number of alkyl halides is 3. The van der Waals surface area contributed by atoms with Crippen LogP contribution in [0.15, 0.2) is 29.3 Å². The Balaban J connectivity index is 0.000000479. The van der Waals surface area contributed by atoms with Crippen molar-refractivity contribution in [3.05, 3.63) is 62.5 Å². The van der Waals surface area contributed by atoms with E-state index in [0.29, 0.717) is 23.9 Å². The first-order valence-electron chi connectivity index (χ1n) is 11.0. The Kier molecular flexibility index (Phi) is 8.72. The van der Waals surface area contributed by atoms with E-state index in [-0.39, 0.29) is 12.3 Å². The lowest BCUT2D eigenvalue weighted by molar-refractivity contribution is -0.192. The summed E-state index contributed by atoms with van der Waals surface area (Å²) in [5.74, 6) is -1.43. The van der Waals surface area contributed by atoms with E-state index in [4.69, 9.17) is 32.2 Å². The summed E-state index contributed by atoms with van der Waals surface area (Å²) in [6.07, 6.45) is -4.91. The smallest absolute Gasteiger partial charge is 0.475 e. The highest BCUT2D eigenvalue weighted by Crippen LogP contribution is 2.39. The molecule has 1 unspecified atom stereocenters. The normalized spacial score (nSPS) is 14.5. The molecule has 1 atom stereocenters. The minimum Gasteiger partial charge on any atom is -0.475 e. The van der Waals surface area contributed by atoms with Gasteiger partial charge in [0.15, 0.2) is 5.82 Å². The Labute approximate surface area is 219 Å². The second kappa shape index (κ2) is 11.4. The number of hydrogen-bond acceptors (Lipinski definition) is 7. The summed E-state index contributed by atoms with van der Waals surface area (Å²) in [7, 11) is 0. The standard InChI is InChI=1S/C21H23ClN6OS.C2HF3O2/c1-11-12(2)30-21-18(11)19(14-4-6-15(22)7-5-14)25-16(10-17(29)24-9-8-23)20-27-26-13(3)28(20)21;3-2(4,5)1(6)7/h4-7,16H,8-10,23H2,1-3H3,(H,24,29);(H,6,7). The van der Waals surface area contributed by atoms with Gasteiger partial charge in [-0.3, -0.25) is 14.4 Å². The molecule has 0 saturated carbocycles. The van der Waals surface area contributed by atoms with Crippen LogP contribution in [-0.4, -0.2) is 56.7 Å². The lowest BCUT2D eigenvalue weighted by Gasteiger charge is -2.13. The van der Waals surface area contributed by atoms with Gasteiger partial charge in [-0.1, -0.05) is 23.7 Å². The van der Waals surface area contributed by atoms with Crippen LogP contribution in [-0.2, 0) is 9.59 Å². The molecule has 198 valence electrons. The van der Waals surface area contributed by atoms with Crippen molar-refractivity contribution in [1.29, 1.82) is 0 Å². The average molecular weight is 557 g/mol. The maximum absolute atomic E-state index is 12.5. The molecule has 0 bridgehead atoms. The largest absolute Gasteiger partial charge is 0.490 e. The summed E-state index contributed by atoms with van der Waals surface area (Å²) >= 11 is 7.80. The molecule has 0 saturated heterocycles. The summed E-state index contributed by atoms with van der Waals surface area (Å²) in [6.45, 7) is 6.94. The first-order chi connectivity index (χ1) is 17.3. The van der Waals surface area contributed by atoms with E-state index < -0.39 is 18.2 Å². The SMILES string of the molecule is Cc1sc2c(c1C)C(c1ccc(Cl)cc1)=NC(CC(=O)NCCN)c1nnc(C)n1-2.O=C(O)C(F)(F)F. The van der Waals surface area contributed by atoms with Crippen molar-refractivity contribution >= 4 is 40.5 Å². The van der Waals surface area contributed by atoms with Gasteiger partial charge in [-0.05, 0) is 38.5 Å². The number of carboxylic acids is 1. The average Bonchev–Trinajstić information content (AvgIpc) is 3.30. The number of benzene rings is 1.